The first-order valence-electron chi connectivity index (χ1n) is 13.7. The molecule has 0 saturated heterocycles. The average Bonchev–Trinajstić information content (AvgIpc) is 2.90. The first-order chi connectivity index (χ1) is 18.7. The lowest BCUT2D eigenvalue weighted by Gasteiger charge is -2.30. The maximum atomic E-state index is 13.7. The summed E-state index contributed by atoms with van der Waals surface area (Å²) in [5.74, 6) is -1.97. The Balaban J connectivity index is 2.17. The number of amides is 2. The third kappa shape index (κ3) is 10.2. The quantitative estimate of drug-likeness (QED) is 0.262. The molecule has 0 spiro atoms. The zero-order chi connectivity index (χ0) is 29.9. The summed E-state index contributed by atoms with van der Waals surface area (Å²) < 4.78 is 11.2. The molecule has 40 heavy (non-hydrogen) atoms. The minimum Gasteiger partial charge on any atom is -0.460 e. The summed E-state index contributed by atoms with van der Waals surface area (Å²) in [6, 6.07) is 16.7. The van der Waals surface area contributed by atoms with Crippen molar-refractivity contribution in [2.45, 2.75) is 80.2 Å². The molecule has 8 nitrogen and oxygen atoms in total. The van der Waals surface area contributed by atoms with Gasteiger partial charge in [0.2, 0.25) is 11.8 Å². The molecule has 2 N–H and O–H groups in total. The smallest absolute Gasteiger partial charge is 0.319 e. The molecule has 0 aromatic heterocycles. The lowest BCUT2D eigenvalue weighted by Crippen LogP contribution is -2.57. The number of hydrogen-bond donors (Lipinski definition) is 2. The van der Waals surface area contributed by atoms with Crippen LogP contribution in [0.4, 0.5) is 0 Å². The van der Waals surface area contributed by atoms with Gasteiger partial charge < -0.3 is 20.1 Å². The van der Waals surface area contributed by atoms with Crippen LogP contribution < -0.4 is 10.6 Å². The van der Waals surface area contributed by atoms with Crippen LogP contribution in [0.25, 0.3) is 0 Å². The maximum Gasteiger partial charge on any atom is 0.319 e. The van der Waals surface area contributed by atoms with E-state index in [-0.39, 0.29) is 31.6 Å². The SMILES string of the molecule is CC(C)C[C@H](NC(=O)[C@H](COCc1ccccc1)NC(=O)C(C)(C)C)C(=O)C(C)(C)C(=O)OCc1ccccc1. The number of hydrogen-bond acceptors (Lipinski definition) is 6. The van der Waals surface area contributed by atoms with Gasteiger partial charge in [-0.05, 0) is 37.3 Å². The van der Waals surface area contributed by atoms with Crippen molar-refractivity contribution in [2.24, 2.45) is 16.7 Å². The van der Waals surface area contributed by atoms with Gasteiger partial charge in [0, 0.05) is 5.41 Å². The molecule has 0 bridgehead atoms. The van der Waals surface area contributed by atoms with E-state index in [0.29, 0.717) is 6.42 Å². The van der Waals surface area contributed by atoms with Crippen LogP contribution in [0.15, 0.2) is 60.7 Å². The molecule has 2 atom stereocenters. The second-order valence-corrected chi connectivity index (χ2v) is 12.0. The number of rotatable bonds is 14. The van der Waals surface area contributed by atoms with Crippen molar-refractivity contribution >= 4 is 23.6 Å². The van der Waals surface area contributed by atoms with Gasteiger partial charge >= 0.3 is 5.97 Å². The standard InChI is InChI=1S/C32H44N2O6/c1-22(2)18-25(27(35)32(6,7)30(38)40-20-24-16-12-9-13-17-24)33-28(36)26(34-29(37)31(3,4)5)21-39-19-23-14-10-8-11-15-23/h8-17,22,25-26H,18-21H2,1-7H3,(H,33,36)(H,34,37)/t25-,26-/m0/s1. The molecule has 0 heterocycles. The Morgan fingerprint density at radius 1 is 0.750 bits per heavy atom. The van der Waals surface area contributed by atoms with E-state index in [1.54, 1.807) is 20.8 Å². The highest BCUT2D eigenvalue weighted by atomic mass is 16.5. The van der Waals surface area contributed by atoms with Crippen LogP contribution in [0.5, 0.6) is 0 Å². The monoisotopic (exact) mass is 552 g/mol. The van der Waals surface area contributed by atoms with Crippen molar-refractivity contribution in [3.8, 4) is 0 Å². The highest BCUT2D eigenvalue weighted by Gasteiger charge is 2.43. The molecule has 218 valence electrons. The van der Waals surface area contributed by atoms with Crippen LogP contribution in [0.1, 0.15) is 66.0 Å². The van der Waals surface area contributed by atoms with Crippen molar-refractivity contribution in [3.05, 3.63) is 71.8 Å². The van der Waals surface area contributed by atoms with Gasteiger partial charge in [-0.1, -0.05) is 95.3 Å². The molecule has 2 amide bonds. The predicted molar refractivity (Wildman–Crippen MR) is 154 cm³/mol. The molecule has 8 heteroatoms. The van der Waals surface area contributed by atoms with Crippen molar-refractivity contribution in [1.82, 2.24) is 10.6 Å². The number of benzene rings is 2. The van der Waals surface area contributed by atoms with Gasteiger partial charge in [-0.25, -0.2) is 0 Å². The zero-order valence-corrected chi connectivity index (χ0v) is 24.8. The summed E-state index contributed by atoms with van der Waals surface area (Å²) in [6.45, 7) is 12.3. The Kier molecular flexibility index (Phi) is 12.1. The summed E-state index contributed by atoms with van der Waals surface area (Å²) in [5, 5.41) is 5.56. The van der Waals surface area contributed by atoms with Crippen molar-refractivity contribution < 1.29 is 28.7 Å². The fraction of sp³-hybridized carbons (Fsp3) is 0.500. The summed E-state index contributed by atoms with van der Waals surface area (Å²) >= 11 is 0. The fourth-order valence-corrected chi connectivity index (χ4v) is 3.84. The summed E-state index contributed by atoms with van der Waals surface area (Å²) in [5.41, 5.74) is -0.517. The van der Waals surface area contributed by atoms with E-state index < -0.39 is 40.6 Å². The molecule has 0 aliphatic carbocycles. The average molecular weight is 553 g/mol. The third-order valence-corrected chi connectivity index (χ3v) is 6.38. The third-order valence-electron chi connectivity index (χ3n) is 6.38. The Morgan fingerprint density at radius 2 is 1.27 bits per heavy atom. The summed E-state index contributed by atoms with van der Waals surface area (Å²) in [7, 11) is 0. The molecule has 0 aliphatic heterocycles. The Morgan fingerprint density at radius 3 is 1.77 bits per heavy atom. The molecule has 0 radical (unpaired) electrons. The van der Waals surface area contributed by atoms with E-state index in [1.165, 1.54) is 13.8 Å². The van der Waals surface area contributed by atoms with Crippen LogP contribution in [0.2, 0.25) is 0 Å². The Hall–Kier alpha value is -3.52. The van der Waals surface area contributed by atoms with Gasteiger partial charge in [0.1, 0.15) is 18.1 Å². The topological polar surface area (TPSA) is 111 Å². The van der Waals surface area contributed by atoms with Crippen LogP contribution in [0, 0.1) is 16.7 Å². The molecular formula is C32H44N2O6. The Bertz CT molecular complexity index is 1120. The number of Topliss-reactive ketones (excluding diaryl/α,β-unsaturated/α-hetero) is 1. The Labute approximate surface area is 238 Å². The second kappa shape index (κ2) is 14.7. The van der Waals surface area contributed by atoms with Gasteiger partial charge in [-0.2, -0.15) is 0 Å². The van der Waals surface area contributed by atoms with Crippen LogP contribution in [0.3, 0.4) is 0 Å². The van der Waals surface area contributed by atoms with E-state index in [9.17, 15) is 19.2 Å². The second-order valence-electron chi connectivity index (χ2n) is 12.0. The van der Waals surface area contributed by atoms with E-state index in [4.69, 9.17) is 9.47 Å². The predicted octanol–water partition coefficient (Wildman–Crippen LogP) is 4.60. The number of carbonyl (C=O) groups is 4. The largest absolute Gasteiger partial charge is 0.460 e. The molecule has 0 saturated carbocycles. The maximum absolute atomic E-state index is 13.7. The molecule has 2 rings (SSSR count). The number of ether oxygens (including phenoxy) is 2. The fourth-order valence-electron chi connectivity index (χ4n) is 3.84. The van der Waals surface area contributed by atoms with Crippen molar-refractivity contribution in [2.75, 3.05) is 6.61 Å². The highest BCUT2D eigenvalue weighted by Crippen LogP contribution is 2.24. The number of esters is 1. The van der Waals surface area contributed by atoms with Gasteiger partial charge in [0.15, 0.2) is 5.78 Å². The van der Waals surface area contributed by atoms with E-state index in [0.717, 1.165) is 11.1 Å². The first-order valence-corrected chi connectivity index (χ1v) is 13.7. The molecule has 0 unspecified atom stereocenters. The normalized spacial score (nSPS) is 13.3. The molecule has 0 fully saturated rings. The van der Waals surface area contributed by atoms with Gasteiger partial charge in [0.05, 0.1) is 19.3 Å². The summed E-state index contributed by atoms with van der Waals surface area (Å²) in [6.07, 6.45) is 0.310. The van der Waals surface area contributed by atoms with Gasteiger partial charge in [0.25, 0.3) is 0 Å². The van der Waals surface area contributed by atoms with Crippen LogP contribution in [-0.4, -0.2) is 42.3 Å². The van der Waals surface area contributed by atoms with Gasteiger partial charge in [-0.3, -0.25) is 19.2 Å². The van der Waals surface area contributed by atoms with Crippen molar-refractivity contribution in [1.29, 1.82) is 0 Å². The minimum atomic E-state index is -1.50. The zero-order valence-electron chi connectivity index (χ0n) is 24.8. The molecule has 0 aliphatic rings. The number of nitrogens with one attached hydrogen (secondary N) is 2. The van der Waals surface area contributed by atoms with E-state index >= 15 is 0 Å². The van der Waals surface area contributed by atoms with Crippen molar-refractivity contribution in [3.63, 3.8) is 0 Å². The minimum absolute atomic E-state index is 0.0389. The highest BCUT2D eigenvalue weighted by molar-refractivity contribution is 6.06. The lowest BCUT2D eigenvalue weighted by molar-refractivity contribution is -0.160. The van der Waals surface area contributed by atoms with E-state index in [1.807, 2.05) is 74.5 Å². The lowest BCUT2D eigenvalue weighted by atomic mass is 9.81. The van der Waals surface area contributed by atoms with Gasteiger partial charge in [-0.15, -0.1) is 0 Å². The number of carbonyl (C=O) groups excluding carboxylic acids is 4. The molecule has 2 aromatic carbocycles. The van der Waals surface area contributed by atoms with Crippen LogP contribution >= 0.6 is 0 Å². The number of ketones is 1. The van der Waals surface area contributed by atoms with Crippen LogP contribution in [-0.2, 0) is 41.9 Å². The molecule has 2 aromatic rings. The molecular weight excluding hydrogens is 508 g/mol. The van der Waals surface area contributed by atoms with E-state index in [2.05, 4.69) is 10.6 Å². The summed E-state index contributed by atoms with van der Waals surface area (Å²) in [4.78, 5) is 52.9. The first kappa shape index (κ1) is 32.7.